The standard InChI is InChI=1S/C19H17ClN2O3/c20-9-2-1-3-10(6-9)21-15(23)8-22-18(24)16-11-4-5-12(14-7-13(11)14)17(16)19(22)25/h1-6,11-14,16-17H,7-8H2,(H,21,23)/t11-,12+,13-,14-,16+,17+/m1/s1. The summed E-state index contributed by atoms with van der Waals surface area (Å²) in [6, 6.07) is 6.79. The molecule has 3 amide bonds. The van der Waals surface area contributed by atoms with E-state index < -0.39 is 0 Å². The lowest BCUT2D eigenvalue weighted by Crippen LogP contribution is -2.40. The van der Waals surface area contributed by atoms with Gasteiger partial charge in [0.2, 0.25) is 17.7 Å². The highest BCUT2D eigenvalue weighted by Gasteiger charge is 2.67. The number of carbonyl (C=O) groups is 3. The topological polar surface area (TPSA) is 66.5 Å². The van der Waals surface area contributed by atoms with Crippen LogP contribution in [0.25, 0.3) is 0 Å². The molecule has 1 saturated heterocycles. The lowest BCUT2D eigenvalue weighted by atomic mass is 9.63. The minimum Gasteiger partial charge on any atom is -0.324 e. The first-order valence-corrected chi connectivity index (χ1v) is 9.01. The summed E-state index contributed by atoms with van der Waals surface area (Å²) in [6.45, 7) is -0.230. The first-order valence-electron chi connectivity index (χ1n) is 8.63. The van der Waals surface area contributed by atoms with E-state index >= 15 is 0 Å². The zero-order valence-electron chi connectivity index (χ0n) is 13.4. The molecule has 6 heteroatoms. The van der Waals surface area contributed by atoms with Gasteiger partial charge in [-0.15, -0.1) is 0 Å². The second-order valence-corrected chi connectivity index (χ2v) is 7.91. The molecule has 1 heterocycles. The van der Waals surface area contributed by atoms with Crippen LogP contribution in [0.4, 0.5) is 5.69 Å². The second kappa shape index (κ2) is 5.18. The van der Waals surface area contributed by atoms with Gasteiger partial charge in [0.1, 0.15) is 6.54 Å². The Morgan fingerprint density at radius 3 is 2.36 bits per heavy atom. The lowest BCUT2D eigenvalue weighted by Gasteiger charge is -2.37. The fourth-order valence-electron chi connectivity index (χ4n) is 5.08. The van der Waals surface area contributed by atoms with E-state index in [-0.39, 0.29) is 47.9 Å². The minimum absolute atomic E-state index is 0.178. The number of rotatable bonds is 3. The number of hydrogen-bond donors (Lipinski definition) is 1. The van der Waals surface area contributed by atoms with Crippen LogP contribution in [0.2, 0.25) is 5.02 Å². The van der Waals surface area contributed by atoms with Crippen molar-refractivity contribution >= 4 is 35.0 Å². The molecule has 0 aromatic heterocycles. The first kappa shape index (κ1) is 15.1. The molecule has 2 bridgehead atoms. The molecule has 5 nitrogen and oxygen atoms in total. The summed E-state index contributed by atoms with van der Waals surface area (Å²) in [5, 5.41) is 3.22. The molecule has 0 spiro atoms. The number of anilines is 1. The van der Waals surface area contributed by atoms with Crippen molar-refractivity contribution in [1.82, 2.24) is 4.90 Å². The highest BCUT2D eigenvalue weighted by Crippen LogP contribution is 2.65. The Bertz CT molecular complexity index is 800. The monoisotopic (exact) mass is 356 g/mol. The van der Waals surface area contributed by atoms with E-state index in [1.807, 2.05) is 0 Å². The molecule has 6 rings (SSSR count). The van der Waals surface area contributed by atoms with Crippen LogP contribution in [-0.2, 0) is 14.4 Å². The predicted octanol–water partition coefficient (Wildman–Crippen LogP) is 2.33. The molecule has 3 fully saturated rings. The second-order valence-electron chi connectivity index (χ2n) is 7.48. The van der Waals surface area contributed by atoms with Gasteiger partial charge >= 0.3 is 0 Å². The summed E-state index contributed by atoms with van der Waals surface area (Å²) in [7, 11) is 0. The summed E-state index contributed by atoms with van der Waals surface area (Å²) >= 11 is 5.91. The van der Waals surface area contributed by atoms with E-state index in [2.05, 4.69) is 17.5 Å². The van der Waals surface area contributed by atoms with E-state index in [4.69, 9.17) is 11.6 Å². The van der Waals surface area contributed by atoms with E-state index in [1.165, 1.54) is 0 Å². The Hall–Kier alpha value is -2.14. The van der Waals surface area contributed by atoms with Gasteiger partial charge in [-0.2, -0.15) is 0 Å². The molecule has 5 aliphatic rings. The summed E-state index contributed by atoms with van der Waals surface area (Å²) < 4.78 is 0. The van der Waals surface area contributed by atoms with Crippen LogP contribution in [0.15, 0.2) is 36.4 Å². The number of likely N-dealkylation sites (tertiary alicyclic amines) is 1. The summed E-state index contributed by atoms with van der Waals surface area (Å²) in [4.78, 5) is 39.1. The molecule has 6 atom stereocenters. The van der Waals surface area contributed by atoms with Crippen LogP contribution < -0.4 is 5.32 Å². The first-order chi connectivity index (χ1) is 12.0. The zero-order valence-corrected chi connectivity index (χ0v) is 14.1. The largest absolute Gasteiger partial charge is 0.324 e. The van der Waals surface area contributed by atoms with Crippen molar-refractivity contribution < 1.29 is 14.4 Å². The van der Waals surface area contributed by atoms with Crippen LogP contribution >= 0.6 is 11.6 Å². The molecule has 4 aliphatic carbocycles. The normalized spacial score (nSPS) is 37.1. The summed E-state index contributed by atoms with van der Waals surface area (Å²) in [5.41, 5.74) is 0.553. The highest BCUT2D eigenvalue weighted by atomic mass is 35.5. The molecule has 0 radical (unpaired) electrons. The van der Waals surface area contributed by atoms with Gasteiger partial charge in [0, 0.05) is 10.7 Å². The number of amides is 3. The third-order valence-electron chi connectivity index (χ3n) is 6.16. The number of nitrogens with one attached hydrogen (secondary N) is 1. The molecule has 128 valence electrons. The van der Waals surface area contributed by atoms with Crippen molar-refractivity contribution in [3.63, 3.8) is 0 Å². The third kappa shape index (κ3) is 2.18. The van der Waals surface area contributed by atoms with Crippen LogP contribution in [0.5, 0.6) is 0 Å². The number of carbonyl (C=O) groups excluding carboxylic acids is 3. The SMILES string of the molecule is O=C(CN1C(=O)[C@H]2[C@@H]3C=C[C@@H]([C@H]4C[C@H]34)[C@@H]2C1=O)Nc1cccc(Cl)c1. The Balaban J connectivity index is 1.33. The van der Waals surface area contributed by atoms with Crippen molar-refractivity contribution in [2.24, 2.45) is 35.5 Å². The Morgan fingerprint density at radius 1 is 1.12 bits per heavy atom. The molecular weight excluding hydrogens is 340 g/mol. The van der Waals surface area contributed by atoms with E-state index in [1.54, 1.807) is 24.3 Å². The number of halogens is 1. The van der Waals surface area contributed by atoms with Crippen molar-refractivity contribution in [1.29, 1.82) is 0 Å². The van der Waals surface area contributed by atoms with Gasteiger partial charge in [-0.25, -0.2) is 0 Å². The van der Waals surface area contributed by atoms with Crippen LogP contribution in [0, 0.1) is 35.5 Å². The van der Waals surface area contributed by atoms with Crippen molar-refractivity contribution in [3.8, 4) is 0 Å². The molecule has 1 aliphatic heterocycles. The molecule has 25 heavy (non-hydrogen) atoms. The van der Waals surface area contributed by atoms with Crippen molar-refractivity contribution in [3.05, 3.63) is 41.4 Å². The van der Waals surface area contributed by atoms with Crippen molar-refractivity contribution in [2.45, 2.75) is 6.42 Å². The molecule has 1 aromatic carbocycles. The number of hydrogen-bond acceptors (Lipinski definition) is 3. The number of imide groups is 1. The maximum absolute atomic E-state index is 12.8. The summed E-state index contributed by atoms with van der Waals surface area (Å²) in [5.74, 6) is 0.224. The third-order valence-corrected chi connectivity index (χ3v) is 6.40. The maximum Gasteiger partial charge on any atom is 0.244 e. The van der Waals surface area contributed by atoms with Crippen LogP contribution in [-0.4, -0.2) is 29.2 Å². The van der Waals surface area contributed by atoms with Crippen molar-refractivity contribution in [2.75, 3.05) is 11.9 Å². The molecule has 1 aromatic rings. The quantitative estimate of drug-likeness (QED) is 0.667. The molecule has 1 N–H and O–H groups in total. The smallest absolute Gasteiger partial charge is 0.244 e. The Kier molecular flexibility index (Phi) is 3.14. The van der Waals surface area contributed by atoms with Gasteiger partial charge in [-0.3, -0.25) is 19.3 Å². The molecule has 0 unspecified atom stereocenters. The van der Waals surface area contributed by atoms with Crippen LogP contribution in [0.3, 0.4) is 0 Å². The number of benzene rings is 1. The van der Waals surface area contributed by atoms with Gasteiger partial charge in [0.15, 0.2) is 0 Å². The van der Waals surface area contributed by atoms with Crippen LogP contribution in [0.1, 0.15) is 6.42 Å². The van der Waals surface area contributed by atoms with Gasteiger partial charge in [-0.05, 0) is 48.3 Å². The predicted molar refractivity (Wildman–Crippen MR) is 91.5 cm³/mol. The lowest BCUT2D eigenvalue weighted by molar-refractivity contribution is -0.142. The minimum atomic E-state index is -0.381. The number of nitrogens with zero attached hydrogens (tertiary/aromatic N) is 1. The highest BCUT2D eigenvalue weighted by molar-refractivity contribution is 6.30. The Labute approximate surface area is 150 Å². The summed E-state index contributed by atoms with van der Waals surface area (Å²) in [6.07, 6.45) is 5.38. The van der Waals surface area contributed by atoms with E-state index in [0.717, 1.165) is 11.3 Å². The fraction of sp³-hybridized carbons (Fsp3) is 0.421. The Morgan fingerprint density at radius 2 is 1.76 bits per heavy atom. The van der Waals surface area contributed by atoms with E-state index in [9.17, 15) is 14.4 Å². The zero-order chi connectivity index (χ0) is 17.3. The average Bonchev–Trinajstić information content (AvgIpc) is 3.36. The van der Waals surface area contributed by atoms with Gasteiger partial charge < -0.3 is 5.32 Å². The fourth-order valence-corrected chi connectivity index (χ4v) is 5.28. The van der Waals surface area contributed by atoms with Gasteiger partial charge in [0.05, 0.1) is 11.8 Å². The molecular formula is C19H17ClN2O3. The van der Waals surface area contributed by atoms with E-state index in [0.29, 0.717) is 22.5 Å². The molecule has 2 saturated carbocycles. The number of allylic oxidation sites excluding steroid dienone is 2. The average molecular weight is 357 g/mol. The maximum atomic E-state index is 12.8. The van der Waals surface area contributed by atoms with Gasteiger partial charge in [-0.1, -0.05) is 29.8 Å². The van der Waals surface area contributed by atoms with Gasteiger partial charge in [0.25, 0.3) is 0 Å².